The Morgan fingerprint density at radius 1 is 1.15 bits per heavy atom. The van der Waals surface area contributed by atoms with Gasteiger partial charge in [-0.3, -0.25) is 14.6 Å². The van der Waals surface area contributed by atoms with Crippen molar-refractivity contribution in [2.45, 2.75) is 46.6 Å². The van der Waals surface area contributed by atoms with E-state index in [1.807, 2.05) is 6.92 Å². The van der Waals surface area contributed by atoms with Gasteiger partial charge in [0.25, 0.3) is 0 Å². The number of carbonyl (C=O) groups is 2. The van der Waals surface area contributed by atoms with Gasteiger partial charge in [-0.25, -0.2) is 0 Å². The summed E-state index contributed by atoms with van der Waals surface area (Å²) in [6.45, 7) is 8.16. The number of rotatable bonds is 5. The van der Waals surface area contributed by atoms with E-state index in [-0.39, 0.29) is 36.1 Å². The van der Waals surface area contributed by atoms with Crippen LogP contribution in [-0.2, 0) is 9.59 Å². The van der Waals surface area contributed by atoms with Gasteiger partial charge < -0.3 is 10.6 Å². The minimum atomic E-state index is -0.172. The van der Waals surface area contributed by atoms with Crippen molar-refractivity contribution < 1.29 is 9.59 Å². The van der Waals surface area contributed by atoms with E-state index in [1.54, 1.807) is 24.5 Å². The summed E-state index contributed by atoms with van der Waals surface area (Å²) in [7, 11) is 0. The van der Waals surface area contributed by atoms with Crippen molar-refractivity contribution in [3.05, 3.63) is 24.5 Å². The van der Waals surface area contributed by atoms with Crippen molar-refractivity contribution >= 4 is 17.5 Å². The van der Waals surface area contributed by atoms with Crippen molar-refractivity contribution in [2.24, 2.45) is 5.41 Å². The number of nitrogens with zero attached hydrogens (tertiary/aromatic N) is 1. The second kappa shape index (κ2) is 7.03. The number of anilines is 1. The maximum Gasteiger partial charge on any atom is 0.224 e. The third-order valence-corrected chi connectivity index (χ3v) is 3.22. The van der Waals surface area contributed by atoms with Gasteiger partial charge >= 0.3 is 0 Å². The lowest BCUT2D eigenvalue weighted by Crippen LogP contribution is -2.41. The second-order valence-electron chi connectivity index (χ2n) is 5.94. The van der Waals surface area contributed by atoms with E-state index >= 15 is 0 Å². The molecule has 1 aromatic heterocycles. The molecule has 0 aliphatic heterocycles. The van der Waals surface area contributed by atoms with E-state index in [4.69, 9.17) is 0 Å². The highest BCUT2D eigenvalue weighted by Gasteiger charge is 2.21. The molecule has 0 saturated heterocycles. The first-order valence-corrected chi connectivity index (χ1v) is 6.78. The number of nitrogens with one attached hydrogen (secondary N) is 2. The molecule has 0 radical (unpaired) electrons. The van der Waals surface area contributed by atoms with Crippen LogP contribution in [0.3, 0.4) is 0 Å². The molecule has 0 aliphatic carbocycles. The number of hydrogen-bond acceptors (Lipinski definition) is 3. The summed E-state index contributed by atoms with van der Waals surface area (Å²) in [6, 6.07) is 3.48. The molecule has 1 unspecified atom stereocenters. The second-order valence-corrected chi connectivity index (χ2v) is 5.94. The van der Waals surface area contributed by atoms with Crippen LogP contribution in [0, 0.1) is 5.41 Å². The molecule has 0 fully saturated rings. The van der Waals surface area contributed by atoms with Gasteiger partial charge in [0.2, 0.25) is 11.8 Å². The molecule has 0 spiro atoms. The number of amides is 2. The van der Waals surface area contributed by atoms with E-state index in [1.165, 1.54) is 0 Å². The molecule has 110 valence electrons. The summed E-state index contributed by atoms with van der Waals surface area (Å²) in [5, 5.41) is 5.63. The molecule has 2 N–H and O–H groups in total. The van der Waals surface area contributed by atoms with Crippen LogP contribution in [0.1, 0.15) is 40.5 Å². The maximum atomic E-state index is 11.8. The molecule has 5 heteroatoms. The molecular formula is C15H23N3O2. The maximum absolute atomic E-state index is 11.8. The Bertz CT molecular complexity index is 452. The van der Waals surface area contributed by atoms with Gasteiger partial charge in [0.15, 0.2) is 0 Å². The zero-order valence-electron chi connectivity index (χ0n) is 12.6. The molecule has 2 amide bonds. The van der Waals surface area contributed by atoms with Gasteiger partial charge in [-0.05, 0) is 24.5 Å². The molecule has 0 bridgehead atoms. The SMILES string of the molecule is CC(NC(=O)CCC(=O)Nc1ccncc1)C(C)(C)C. The molecule has 0 aliphatic rings. The van der Waals surface area contributed by atoms with E-state index in [2.05, 4.69) is 36.4 Å². The number of carbonyl (C=O) groups excluding carboxylic acids is 2. The number of aromatic nitrogens is 1. The Balaban J connectivity index is 2.33. The monoisotopic (exact) mass is 277 g/mol. The summed E-state index contributed by atoms with van der Waals surface area (Å²) >= 11 is 0. The Kier molecular flexibility index (Phi) is 5.67. The highest BCUT2D eigenvalue weighted by atomic mass is 16.2. The van der Waals surface area contributed by atoms with Gasteiger partial charge in [0.1, 0.15) is 0 Å². The Morgan fingerprint density at radius 3 is 2.25 bits per heavy atom. The minimum absolute atomic E-state index is 0.00889. The lowest BCUT2D eigenvalue weighted by atomic mass is 9.88. The van der Waals surface area contributed by atoms with Crippen molar-refractivity contribution in [1.82, 2.24) is 10.3 Å². The highest BCUT2D eigenvalue weighted by Crippen LogP contribution is 2.18. The van der Waals surface area contributed by atoms with Crippen LogP contribution < -0.4 is 10.6 Å². The minimum Gasteiger partial charge on any atom is -0.353 e. The highest BCUT2D eigenvalue weighted by molar-refractivity contribution is 5.93. The average Bonchev–Trinajstić information content (AvgIpc) is 2.36. The zero-order chi connectivity index (χ0) is 15.2. The molecule has 0 aromatic carbocycles. The van der Waals surface area contributed by atoms with Crippen LogP contribution in [0.5, 0.6) is 0 Å². The molecule has 5 nitrogen and oxygen atoms in total. The van der Waals surface area contributed by atoms with Crippen LogP contribution in [0.2, 0.25) is 0 Å². The van der Waals surface area contributed by atoms with Crippen molar-refractivity contribution in [3.8, 4) is 0 Å². The smallest absolute Gasteiger partial charge is 0.224 e. The number of pyridine rings is 1. The van der Waals surface area contributed by atoms with E-state index in [0.717, 1.165) is 0 Å². The largest absolute Gasteiger partial charge is 0.353 e. The predicted molar refractivity (Wildman–Crippen MR) is 79.2 cm³/mol. The lowest BCUT2D eigenvalue weighted by molar-refractivity contribution is -0.125. The molecule has 0 saturated carbocycles. The third-order valence-electron chi connectivity index (χ3n) is 3.22. The fourth-order valence-electron chi connectivity index (χ4n) is 1.42. The fraction of sp³-hybridized carbons (Fsp3) is 0.533. The molecule has 1 atom stereocenters. The number of hydrogen-bond donors (Lipinski definition) is 2. The summed E-state index contributed by atoms with van der Waals surface area (Å²) in [5.41, 5.74) is 0.697. The van der Waals surface area contributed by atoms with E-state index in [0.29, 0.717) is 5.69 Å². The molecular weight excluding hydrogens is 254 g/mol. The molecule has 20 heavy (non-hydrogen) atoms. The fourth-order valence-corrected chi connectivity index (χ4v) is 1.42. The van der Waals surface area contributed by atoms with Gasteiger partial charge in [-0.1, -0.05) is 20.8 Å². The quantitative estimate of drug-likeness (QED) is 0.868. The topological polar surface area (TPSA) is 71.1 Å². The van der Waals surface area contributed by atoms with Crippen LogP contribution in [-0.4, -0.2) is 22.8 Å². The van der Waals surface area contributed by atoms with Crippen LogP contribution in [0.15, 0.2) is 24.5 Å². The first-order chi connectivity index (χ1) is 9.29. The van der Waals surface area contributed by atoms with Gasteiger partial charge in [0, 0.05) is 37.0 Å². The van der Waals surface area contributed by atoms with Crippen LogP contribution >= 0.6 is 0 Å². The third kappa shape index (κ3) is 5.82. The van der Waals surface area contributed by atoms with Crippen molar-refractivity contribution in [1.29, 1.82) is 0 Å². The normalized spacial score (nSPS) is 12.6. The predicted octanol–water partition coefficient (Wildman–Crippen LogP) is 2.35. The summed E-state index contributed by atoms with van der Waals surface area (Å²) in [5.74, 6) is -0.271. The van der Waals surface area contributed by atoms with Crippen molar-refractivity contribution in [3.63, 3.8) is 0 Å². The molecule has 1 rings (SSSR count). The zero-order valence-corrected chi connectivity index (χ0v) is 12.6. The first-order valence-electron chi connectivity index (χ1n) is 6.78. The van der Waals surface area contributed by atoms with Gasteiger partial charge in [0.05, 0.1) is 0 Å². The standard InChI is InChI=1S/C15H23N3O2/c1-11(15(2,3)4)17-13(19)5-6-14(20)18-12-7-9-16-10-8-12/h7-11H,5-6H2,1-4H3,(H,17,19)(H,16,18,20). The Morgan fingerprint density at radius 2 is 1.70 bits per heavy atom. The van der Waals surface area contributed by atoms with Crippen molar-refractivity contribution in [2.75, 3.05) is 5.32 Å². The molecule has 1 aromatic rings. The van der Waals surface area contributed by atoms with E-state index < -0.39 is 0 Å². The Hall–Kier alpha value is -1.91. The summed E-state index contributed by atoms with van der Waals surface area (Å²) in [4.78, 5) is 27.3. The summed E-state index contributed by atoms with van der Waals surface area (Å²) in [6.07, 6.45) is 3.57. The lowest BCUT2D eigenvalue weighted by Gasteiger charge is -2.28. The van der Waals surface area contributed by atoms with Crippen LogP contribution in [0.4, 0.5) is 5.69 Å². The molecule has 1 heterocycles. The Labute approximate surface area is 120 Å². The summed E-state index contributed by atoms with van der Waals surface area (Å²) < 4.78 is 0. The first kappa shape index (κ1) is 16.1. The van der Waals surface area contributed by atoms with Gasteiger partial charge in [-0.2, -0.15) is 0 Å². The van der Waals surface area contributed by atoms with Gasteiger partial charge in [-0.15, -0.1) is 0 Å². The average molecular weight is 277 g/mol. The van der Waals surface area contributed by atoms with E-state index in [9.17, 15) is 9.59 Å². The van der Waals surface area contributed by atoms with Crippen LogP contribution in [0.25, 0.3) is 0 Å².